The van der Waals surface area contributed by atoms with Gasteiger partial charge in [-0.1, -0.05) is 31.5 Å². The van der Waals surface area contributed by atoms with E-state index < -0.39 is 0 Å². The number of hydrogen-bond donors (Lipinski definition) is 2. The van der Waals surface area contributed by atoms with E-state index in [1.165, 1.54) is 11.3 Å². The molecule has 2 aromatic rings. The normalized spacial score (nSPS) is 10.6. The minimum Gasteiger partial charge on any atom is -0.375 e. The summed E-state index contributed by atoms with van der Waals surface area (Å²) in [6.45, 7) is 5.03. The summed E-state index contributed by atoms with van der Waals surface area (Å²) >= 11 is 7.32. The predicted octanol–water partition coefficient (Wildman–Crippen LogP) is 4.12. The summed E-state index contributed by atoms with van der Waals surface area (Å²) in [5, 5.41) is 7.41. The Balaban J connectivity index is 2.08. The third kappa shape index (κ3) is 3.95. The van der Waals surface area contributed by atoms with Gasteiger partial charge in [0.2, 0.25) is 0 Å². The smallest absolute Gasteiger partial charge is 0.277 e. The standard InChI is InChI=1S/C14H16ClN3OS/c1-9(2)7-16-14-12(17-8-20-14)13(19)18-11-5-3-4-10(15)6-11/h3-6,8-9,16H,7H2,1-2H3,(H,18,19). The summed E-state index contributed by atoms with van der Waals surface area (Å²) in [7, 11) is 0. The maximum absolute atomic E-state index is 12.2. The molecular formula is C14H16ClN3OS. The third-order valence-electron chi connectivity index (χ3n) is 2.54. The van der Waals surface area contributed by atoms with Crippen molar-refractivity contribution in [1.29, 1.82) is 0 Å². The largest absolute Gasteiger partial charge is 0.375 e. The van der Waals surface area contributed by atoms with Crippen molar-refractivity contribution in [3.63, 3.8) is 0 Å². The highest BCUT2D eigenvalue weighted by Crippen LogP contribution is 2.22. The number of amides is 1. The zero-order chi connectivity index (χ0) is 14.5. The van der Waals surface area contributed by atoms with Crippen LogP contribution in [0.15, 0.2) is 29.8 Å². The molecule has 4 nitrogen and oxygen atoms in total. The van der Waals surface area contributed by atoms with Crippen LogP contribution >= 0.6 is 22.9 Å². The van der Waals surface area contributed by atoms with Gasteiger partial charge in [0.1, 0.15) is 5.00 Å². The van der Waals surface area contributed by atoms with Crippen LogP contribution in [0.25, 0.3) is 0 Å². The van der Waals surface area contributed by atoms with E-state index >= 15 is 0 Å². The summed E-state index contributed by atoms with van der Waals surface area (Å²) in [6, 6.07) is 7.04. The Bertz CT molecular complexity index is 598. The average molecular weight is 310 g/mol. The molecule has 20 heavy (non-hydrogen) atoms. The summed E-state index contributed by atoms with van der Waals surface area (Å²) in [5.74, 6) is 0.265. The quantitative estimate of drug-likeness (QED) is 0.873. The Morgan fingerprint density at radius 2 is 2.25 bits per heavy atom. The van der Waals surface area contributed by atoms with E-state index in [0.29, 0.717) is 22.3 Å². The topological polar surface area (TPSA) is 54.0 Å². The van der Waals surface area contributed by atoms with Gasteiger partial charge in [-0.05, 0) is 24.1 Å². The highest BCUT2D eigenvalue weighted by Gasteiger charge is 2.15. The molecular weight excluding hydrogens is 294 g/mol. The van der Waals surface area contributed by atoms with Gasteiger partial charge in [-0.2, -0.15) is 0 Å². The van der Waals surface area contributed by atoms with Gasteiger partial charge in [-0.3, -0.25) is 4.79 Å². The number of nitrogens with zero attached hydrogens (tertiary/aromatic N) is 1. The van der Waals surface area contributed by atoms with Crippen LogP contribution in [0.3, 0.4) is 0 Å². The third-order valence-corrected chi connectivity index (χ3v) is 3.56. The zero-order valence-electron chi connectivity index (χ0n) is 11.3. The number of halogens is 1. The van der Waals surface area contributed by atoms with Crippen LogP contribution in [-0.4, -0.2) is 17.4 Å². The zero-order valence-corrected chi connectivity index (χ0v) is 12.9. The molecule has 2 N–H and O–H groups in total. The van der Waals surface area contributed by atoms with E-state index in [1.807, 2.05) is 0 Å². The fourth-order valence-corrected chi connectivity index (χ4v) is 2.46. The molecule has 106 valence electrons. The fraction of sp³-hybridized carbons (Fsp3) is 0.286. The Morgan fingerprint density at radius 1 is 1.45 bits per heavy atom. The van der Waals surface area contributed by atoms with Crippen molar-refractivity contribution in [3.05, 3.63) is 40.5 Å². The monoisotopic (exact) mass is 309 g/mol. The van der Waals surface area contributed by atoms with Gasteiger partial charge in [0.25, 0.3) is 5.91 Å². The van der Waals surface area contributed by atoms with Gasteiger partial charge in [-0.15, -0.1) is 11.3 Å². The maximum atomic E-state index is 12.2. The molecule has 0 unspecified atom stereocenters. The van der Waals surface area contributed by atoms with Crippen LogP contribution in [0.4, 0.5) is 10.7 Å². The average Bonchev–Trinajstić information content (AvgIpc) is 2.84. The van der Waals surface area contributed by atoms with Crippen molar-refractivity contribution in [2.75, 3.05) is 17.2 Å². The van der Waals surface area contributed by atoms with Crippen LogP contribution in [-0.2, 0) is 0 Å². The summed E-state index contributed by atoms with van der Waals surface area (Å²) in [6.07, 6.45) is 0. The summed E-state index contributed by atoms with van der Waals surface area (Å²) in [5.41, 5.74) is 2.73. The van der Waals surface area contributed by atoms with Crippen molar-refractivity contribution >= 4 is 39.5 Å². The number of rotatable bonds is 5. The van der Waals surface area contributed by atoms with Gasteiger partial charge in [0.15, 0.2) is 5.69 Å². The van der Waals surface area contributed by atoms with E-state index in [0.717, 1.165) is 11.5 Å². The second-order valence-corrected chi connectivity index (χ2v) is 6.06. The van der Waals surface area contributed by atoms with Crippen LogP contribution in [0, 0.1) is 5.92 Å². The van der Waals surface area contributed by atoms with Crippen LogP contribution < -0.4 is 10.6 Å². The molecule has 0 radical (unpaired) electrons. The molecule has 2 rings (SSSR count). The SMILES string of the molecule is CC(C)CNc1scnc1C(=O)Nc1cccc(Cl)c1. The number of thiazole rings is 1. The van der Waals surface area contributed by atoms with Gasteiger partial charge < -0.3 is 10.6 Å². The lowest BCUT2D eigenvalue weighted by molar-refractivity contribution is 0.102. The first-order valence-corrected chi connectivity index (χ1v) is 7.56. The van der Waals surface area contributed by atoms with Gasteiger partial charge in [0, 0.05) is 17.3 Å². The molecule has 0 fully saturated rings. The minimum absolute atomic E-state index is 0.236. The minimum atomic E-state index is -0.236. The van der Waals surface area contributed by atoms with Crippen LogP contribution in [0.2, 0.25) is 5.02 Å². The maximum Gasteiger partial charge on any atom is 0.277 e. The second kappa shape index (κ2) is 6.72. The molecule has 0 aliphatic carbocycles. The Kier molecular flexibility index (Phi) is 4.98. The Labute approximate surface area is 127 Å². The lowest BCUT2D eigenvalue weighted by atomic mass is 10.2. The lowest BCUT2D eigenvalue weighted by Gasteiger charge is -2.09. The van der Waals surface area contributed by atoms with Crippen molar-refractivity contribution in [1.82, 2.24) is 4.98 Å². The Hall–Kier alpha value is -1.59. The van der Waals surface area contributed by atoms with E-state index in [4.69, 9.17) is 11.6 Å². The highest BCUT2D eigenvalue weighted by molar-refractivity contribution is 7.14. The predicted molar refractivity (Wildman–Crippen MR) is 84.8 cm³/mol. The molecule has 1 aromatic heterocycles. The second-order valence-electron chi connectivity index (χ2n) is 4.77. The van der Waals surface area contributed by atoms with E-state index in [9.17, 15) is 4.79 Å². The van der Waals surface area contributed by atoms with Gasteiger partial charge >= 0.3 is 0 Å². The van der Waals surface area contributed by atoms with E-state index in [-0.39, 0.29) is 5.91 Å². The van der Waals surface area contributed by atoms with Crippen molar-refractivity contribution < 1.29 is 4.79 Å². The first kappa shape index (κ1) is 14.8. The molecule has 6 heteroatoms. The van der Waals surface area contributed by atoms with Crippen molar-refractivity contribution in [2.24, 2.45) is 5.92 Å². The summed E-state index contributed by atoms with van der Waals surface area (Å²) < 4.78 is 0. The summed E-state index contributed by atoms with van der Waals surface area (Å²) in [4.78, 5) is 16.3. The van der Waals surface area contributed by atoms with Crippen molar-refractivity contribution in [3.8, 4) is 0 Å². The molecule has 1 amide bonds. The number of anilines is 2. The molecule has 0 aliphatic rings. The number of carbonyl (C=O) groups excluding carboxylic acids is 1. The molecule has 0 saturated heterocycles. The number of nitrogens with one attached hydrogen (secondary N) is 2. The first-order chi connectivity index (χ1) is 9.56. The fourth-order valence-electron chi connectivity index (χ4n) is 1.59. The number of aromatic nitrogens is 1. The van der Waals surface area contributed by atoms with Crippen LogP contribution in [0.1, 0.15) is 24.3 Å². The van der Waals surface area contributed by atoms with E-state index in [1.54, 1.807) is 29.8 Å². The molecule has 0 atom stereocenters. The van der Waals surface area contributed by atoms with Gasteiger partial charge in [0.05, 0.1) is 5.51 Å². The molecule has 0 saturated carbocycles. The Morgan fingerprint density at radius 3 is 2.95 bits per heavy atom. The molecule has 1 aromatic carbocycles. The van der Waals surface area contributed by atoms with E-state index in [2.05, 4.69) is 29.5 Å². The first-order valence-electron chi connectivity index (χ1n) is 6.30. The molecule has 0 aliphatic heterocycles. The number of benzene rings is 1. The molecule has 1 heterocycles. The number of carbonyl (C=O) groups is 1. The lowest BCUT2D eigenvalue weighted by Crippen LogP contribution is -2.16. The van der Waals surface area contributed by atoms with Crippen LogP contribution in [0.5, 0.6) is 0 Å². The highest BCUT2D eigenvalue weighted by atomic mass is 35.5. The van der Waals surface area contributed by atoms with Gasteiger partial charge in [-0.25, -0.2) is 4.98 Å². The molecule has 0 spiro atoms. The van der Waals surface area contributed by atoms with Crippen molar-refractivity contribution in [2.45, 2.75) is 13.8 Å². The number of hydrogen-bond acceptors (Lipinski definition) is 4. The molecule has 0 bridgehead atoms.